The lowest BCUT2D eigenvalue weighted by Crippen LogP contribution is -2.26. The number of amides is 1. The molecule has 1 fully saturated rings. The maximum absolute atomic E-state index is 11.8. The molecule has 4 nitrogen and oxygen atoms in total. The Morgan fingerprint density at radius 1 is 1.35 bits per heavy atom. The SMILES string of the molecule is Cc1ccc(C(=O)NCCCOC2CCCCC2)cn1. The van der Waals surface area contributed by atoms with Crippen molar-refractivity contribution in [1.29, 1.82) is 0 Å². The van der Waals surface area contributed by atoms with E-state index in [1.807, 2.05) is 13.0 Å². The van der Waals surface area contributed by atoms with E-state index in [1.54, 1.807) is 12.3 Å². The normalized spacial score (nSPS) is 16.1. The monoisotopic (exact) mass is 276 g/mol. The number of aromatic nitrogens is 1. The first-order valence-corrected chi connectivity index (χ1v) is 7.58. The van der Waals surface area contributed by atoms with Gasteiger partial charge < -0.3 is 10.1 Å². The highest BCUT2D eigenvalue weighted by Gasteiger charge is 2.13. The lowest BCUT2D eigenvalue weighted by atomic mass is 9.98. The van der Waals surface area contributed by atoms with Crippen LogP contribution in [0, 0.1) is 6.92 Å². The molecule has 0 aromatic carbocycles. The third kappa shape index (κ3) is 4.93. The number of ether oxygens (including phenoxy) is 1. The topological polar surface area (TPSA) is 51.2 Å². The first-order valence-electron chi connectivity index (χ1n) is 7.58. The summed E-state index contributed by atoms with van der Waals surface area (Å²) in [7, 11) is 0. The average Bonchev–Trinajstić information content (AvgIpc) is 2.48. The van der Waals surface area contributed by atoms with Crippen LogP contribution in [0.25, 0.3) is 0 Å². The maximum atomic E-state index is 11.8. The highest BCUT2D eigenvalue weighted by Crippen LogP contribution is 2.20. The number of hydrogen-bond donors (Lipinski definition) is 1. The summed E-state index contributed by atoms with van der Waals surface area (Å²) in [5.74, 6) is -0.0600. The lowest BCUT2D eigenvalue weighted by Gasteiger charge is -2.21. The summed E-state index contributed by atoms with van der Waals surface area (Å²) in [6.07, 6.45) is 9.25. The largest absolute Gasteiger partial charge is 0.378 e. The summed E-state index contributed by atoms with van der Waals surface area (Å²) in [6, 6.07) is 3.65. The molecule has 1 aromatic rings. The van der Waals surface area contributed by atoms with Gasteiger partial charge in [-0.05, 0) is 38.3 Å². The quantitative estimate of drug-likeness (QED) is 0.813. The fourth-order valence-electron chi connectivity index (χ4n) is 2.46. The van der Waals surface area contributed by atoms with Crippen molar-refractivity contribution in [1.82, 2.24) is 10.3 Å². The molecule has 1 aliphatic rings. The predicted octanol–water partition coefficient (Wildman–Crippen LogP) is 2.86. The summed E-state index contributed by atoms with van der Waals surface area (Å²) < 4.78 is 5.82. The van der Waals surface area contributed by atoms with Crippen LogP contribution in [0.3, 0.4) is 0 Å². The van der Waals surface area contributed by atoms with Gasteiger partial charge in [-0.2, -0.15) is 0 Å². The van der Waals surface area contributed by atoms with Gasteiger partial charge in [0.2, 0.25) is 0 Å². The van der Waals surface area contributed by atoms with E-state index < -0.39 is 0 Å². The molecule has 20 heavy (non-hydrogen) atoms. The van der Waals surface area contributed by atoms with Crippen LogP contribution in [-0.4, -0.2) is 30.1 Å². The van der Waals surface area contributed by atoms with Gasteiger partial charge in [0, 0.05) is 25.0 Å². The van der Waals surface area contributed by atoms with Gasteiger partial charge in [0.25, 0.3) is 5.91 Å². The number of rotatable bonds is 6. The number of carbonyl (C=O) groups is 1. The van der Waals surface area contributed by atoms with Gasteiger partial charge in [-0.3, -0.25) is 9.78 Å². The van der Waals surface area contributed by atoms with E-state index in [0.717, 1.165) is 18.7 Å². The molecule has 0 aliphatic heterocycles. The van der Waals surface area contributed by atoms with Gasteiger partial charge in [-0.1, -0.05) is 19.3 Å². The van der Waals surface area contributed by atoms with Crippen LogP contribution in [0.15, 0.2) is 18.3 Å². The zero-order valence-corrected chi connectivity index (χ0v) is 12.2. The molecule has 1 amide bonds. The molecule has 0 unspecified atom stereocenters. The van der Waals surface area contributed by atoms with Crippen LogP contribution < -0.4 is 5.32 Å². The Kier molecular flexibility index (Phi) is 5.99. The maximum Gasteiger partial charge on any atom is 0.252 e. The van der Waals surface area contributed by atoms with Crippen molar-refractivity contribution in [3.05, 3.63) is 29.6 Å². The zero-order valence-electron chi connectivity index (χ0n) is 12.2. The Balaban J connectivity index is 1.58. The Labute approximate surface area is 120 Å². The molecule has 1 aromatic heterocycles. The second-order valence-corrected chi connectivity index (χ2v) is 5.43. The Hall–Kier alpha value is -1.42. The van der Waals surface area contributed by atoms with Crippen molar-refractivity contribution in [2.75, 3.05) is 13.2 Å². The smallest absolute Gasteiger partial charge is 0.252 e. The van der Waals surface area contributed by atoms with E-state index >= 15 is 0 Å². The zero-order chi connectivity index (χ0) is 14.2. The van der Waals surface area contributed by atoms with Crippen molar-refractivity contribution in [3.8, 4) is 0 Å². The second-order valence-electron chi connectivity index (χ2n) is 5.43. The molecule has 0 atom stereocenters. The van der Waals surface area contributed by atoms with E-state index in [4.69, 9.17) is 4.74 Å². The van der Waals surface area contributed by atoms with E-state index in [2.05, 4.69) is 10.3 Å². The molecule has 1 N–H and O–H groups in total. The minimum absolute atomic E-state index is 0.0600. The Bertz CT molecular complexity index is 411. The molecule has 0 saturated heterocycles. The van der Waals surface area contributed by atoms with Crippen molar-refractivity contribution in [2.45, 2.75) is 51.6 Å². The molecule has 1 aliphatic carbocycles. The Morgan fingerprint density at radius 2 is 2.15 bits per heavy atom. The van der Waals surface area contributed by atoms with E-state index in [9.17, 15) is 4.79 Å². The number of pyridine rings is 1. The van der Waals surface area contributed by atoms with Crippen LogP contribution in [0.1, 0.15) is 54.6 Å². The van der Waals surface area contributed by atoms with Gasteiger partial charge in [0.05, 0.1) is 11.7 Å². The fraction of sp³-hybridized carbons (Fsp3) is 0.625. The number of carbonyl (C=O) groups excluding carboxylic acids is 1. The lowest BCUT2D eigenvalue weighted by molar-refractivity contribution is 0.0273. The van der Waals surface area contributed by atoms with Crippen molar-refractivity contribution in [2.24, 2.45) is 0 Å². The summed E-state index contributed by atoms with van der Waals surface area (Å²) in [5, 5.41) is 2.90. The van der Waals surface area contributed by atoms with Crippen LogP contribution in [-0.2, 0) is 4.74 Å². The number of nitrogens with one attached hydrogen (secondary N) is 1. The number of aryl methyl sites for hydroxylation is 1. The molecular formula is C16H24N2O2. The minimum atomic E-state index is -0.0600. The van der Waals surface area contributed by atoms with Crippen molar-refractivity contribution < 1.29 is 9.53 Å². The predicted molar refractivity (Wildman–Crippen MR) is 78.7 cm³/mol. The van der Waals surface area contributed by atoms with Crippen LogP contribution in [0.5, 0.6) is 0 Å². The Morgan fingerprint density at radius 3 is 2.85 bits per heavy atom. The summed E-state index contributed by atoms with van der Waals surface area (Å²) in [6.45, 7) is 3.29. The molecular weight excluding hydrogens is 252 g/mol. The van der Waals surface area contributed by atoms with Gasteiger partial charge in [0.15, 0.2) is 0 Å². The average molecular weight is 276 g/mol. The van der Waals surface area contributed by atoms with Gasteiger partial charge in [-0.25, -0.2) is 0 Å². The van der Waals surface area contributed by atoms with Gasteiger partial charge >= 0.3 is 0 Å². The molecule has 0 bridgehead atoms. The molecule has 0 radical (unpaired) electrons. The van der Waals surface area contributed by atoms with Crippen molar-refractivity contribution >= 4 is 5.91 Å². The van der Waals surface area contributed by atoms with Crippen molar-refractivity contribution in [3.63, 3.8) is 0 Å². The molecule has 0 spiro atoms. The van der Waals surface area contributed by atoms with Crippen LogP contribution in [0.4, 0.5) is 0 Å². The number of hydrogen-bond acceptors (Lipinski definition) is 3. The third-order valence-electron chi connectivity index (χ3n) is 3.69. The van der Waals surface area contributed by atoms with Gasteiger partial charge in [0.1, 0.15) is 0 Å². The first-order chi connectivity index (χ1) is 9.75. The molecule has 2 rings (SSSR count). The van der Waals surface area contributed by atoms with Crippen LogP contribution >= 0.6 is 0 Å². The summed E-state index contributed by atoms with van der Waals surface area (Å²) >= 11 is 0. The molecule has 1 saturated carbocycles. The third-order valence-corrected chi connectivity index (χ3v) is 3.69. The highest BCUT2D eigenvalue weighted by atomic mass is 16.5. The van der Waals surface area contributed by atoms with Gasteiger partial charge in [-0.15, -0.1) is 0 Å². The van der Waals surface area contributed by atoms with Crippen LogP contribution in [0.2, 0.25) is 0 Å². The summed E-state index contributed by atoms with van der Waals surface area (Å²) in [5.41, 5.74) is 1.53. The second kappa shape index (κ2) is 8.00. The fourth-order valence-corrected chi connectivity index (χ4v) is 2.46. The molecule has 4 heteroatoms. The molecule has 1 heterocycles. The van der Waals surface area contributed by atoms with E-state index in [0.29, 0.717) is 18.2 Å². The highest BCUT2D eigenvalue weighted by molar-refractivity contribution is 5.93. The minimum Gasteiger partial charge on any atom is -0.378 e. The van der Waals surface area contributed by atoms with E-state index in [1.165, 1.54) is 32.1 Å². The molecule has 110 valence electrons. The number of nitrogens with zero attached hydrogens (tertiary/aromatic N) is 1. The summed E-state index contributed by atoms with van der Waals surface area (Å²) in [4.78, 5) is 15.9. The first kappa shape index (κ1) is 15.0. The standard InChI is InChI=1S/C16H24N2O2/c1-13-8-9-14(12-18-13)16(19)17-10-5-11-20-15-6-3-2-4-7-15/h8-9,12,15H,2-7,10-11H2,1H3,(H,17,19). The van der Waals surface area contributed by atoms with E-state index in [-0.39, 0.29) is 5.91 Å².